The first kappa shape index (κ1) is 27.5. The van der Waals surface area contributed by atoms with Crippen LogP contribution in [0.2, 0.25) is 0 Å². The normalized spacial score (nSPS) is 10.4. The SMILES string of the molecule is COc1cc(CC(=O)NCCOc2ccc(C(=O)O)cc2[N+](=O)[O-])ccc1N(C(N)=O)c1ccccc1C. The van der Waals surface area contributed by atoms with Gasteiger partial charge >= 0.3 is 17.7 Å². The molecule has 12 heteroatoms. The van der Waals surface area contributed by atoms with Crippen LogP contribution in [0.3, 0.4) is 0 Å². The monoisotopic (exact) mass is 522 g/mol. The highest BCUT2D eigenvalue weighted by molar-refractivity contribution is 6.00. The zero-order valence-electron chi connectivity index (χ0n) is 20.7. The van der Waals surface area contributed by atoms with Gasteiger partial charge in [0.05, 0.1) is 41.9 Å². The maximum Gasteiger partial charge on any atom is 0.335 e. The summed E-state index contributed by atoms with van der Waals surface area (Å²) in [5.74, 6) is -1.40. The number of ether oxygens (including phenoxy) is 2. The van der Waals surface area contributed by atoms with Crippen molar-refractivity contribution in [3.05, 3.63) is 87.5 Å². The van der Waals surface area contributed by atoms with Gasteiger partial charge in [0.1, 0.15) is 12.4 Å². The van der Waals surface area contributed by atoms with Crippen LogP contribution in [-0.4, -0.2) is 48.2 Å². The van der Waals surface area contributed by atoms with E-state index in [1.165, 1.54) is 24.1 Å². The Bertz CT molecular complexity index is 1380. The molecule has 0 aliphatic rings. The molecule has 3 aromatic rings. The number of para-hydroxylation sites is 1. The number of nitrogens with zero attached hydrogens (tertiary/aromatic N) is 2. The molecule has 0 aliphatic heterocycles. The number of hydrogen-bond donors (Lipinski definition) is 3. The van der Waals surface area contributed by atoms with Crippen molar-refractivity contribution in [2.75, 3.05) is 25.2 Å². The number of aryl methyl sites for hydroxylation is 1. The summed E-state index contributed by atoms with van der Waals surface area (Å²) in [5.41, 5.74) is 7.40. The predicted octanol–water partition coefficient (Wildman–Crippen LogP) is 3.56. The molecule has 198 valence electrons. The van der Waals surface area contributed by atoms with E-state index in [0.29, 0.717) is 22.7 Å². The molecule has 0 aromatic heterocycles. The summed E-state index contributed by atoms with van der Waals surface area (Å²) in [4.78, 5) is 47.6. The average molecular weight is 523 g/mol. The summed E-state index contributed by atoms with van der Waals surface area (Å²) in [6, 6.07) is 14.8. The summed E-state index contributed by atoms with van der Waals surface area (Å²) < 4.78 is 10.8. The lowest BCUT2D eigenvalue weighted by Crippen LogP contribution is -2.32. The van der Waals surface area contributed by atoms with Gasteiger partial charge in [0.15, 0.2) is 5.75 Å². The van der Waals surface area contributed by atoms with Crippen molar-refractivity contribution in [1.29, 1.82) is 0 Å². The van der Waals surface area contributed by atoms with Crippen molar-refractivity contribution in [2.45, 2.75) is 13.3 Å². The highest BCUT2D eigenvalue weighted by atomic mass is 16.6. The minimum absolute atomic E-state index is 0.00890. The number of benzene rings is 3. The number of carboxylic acid groups (broad SMARTS) is 1. The van der Waals surface area contributed by atoms with E-state index in [-0.39, 0.29) is 36.8 Å². The number of aromatic carboxylic acids is 1. The fourth-order valence-corrected chi connectivity index (χ4v) is 3.71. The number of nitrogens with two attached hydrogens (primary N) is 1. The number of urea groups is 1. The third kappa shape index (κ3) is 6.55. The van der Waals surface area contributed by atoms with Crippen LogP contribution in [0.4, 0.5) is 21.9 Å². The molecule has 3 rings (SSSR count). The number of carboxylic acids is 1. The molecule has 0 bridgehead atoms. The second-order valence-electron chi connectivity index (χ2n) is 8.09. The molecular weight excluding hydrogens is 496 g/mol. The van der Waals surface area contributed by atoms with E-state index in [1.807, 2.05) is 19.1 Å². The van der Waals surface area contributed by atoms with Gasteiger partial charge in [-0.2, -0.15) is 0 Å². The van der Waals surface area contributed by atoms with Crippen molar-refractivity contribution < 1.29 is 33.9 Å². The van der Waals surface area contributed by atoms with Gasteiger partial charge < -0.3 is 25.6 Å². The lowest BCUT2D eigenvalue weighted by molar-refractivity contribution is -0.385. The molecule has 0 unspecified atom stereocenters. The number of hydrogen-bond acceptors (Lipinski definition) is 7. The summed E-state index contributed by atoms with van der Waals surface area (Å²) in [6.45, 7) is 1.82. The molecular formula is C26H26N4O8. The second-order valence-corrected chi connectivity index (χ2v) is 8.09. The Morgan fingerprint density at radius 3 is 2.42 bits per heavy atom. The van der Waals surface area contributed by atoms with E-state index in [9.17, 15) is 24.5 Å². The van der Waals surface area contributed by atoms with Crippen molar-refractivity contribution in [3.63, 3.8) is 0 Å². The largest absolute Gasteiger partial charge is 0.495 e. The van der Waals surface area contributed by atoms with Crippen LogP contribution >= 0.6 is 0 Å². The molecule has 0 radical (unpaired) electrons. The van der Waals surface area contributed by atoms with Crippen LogP contribution < -0.4 is 25.4 Å². The number of amides is 3. The molecule has 3 aromatic carbocycles. The molecule has 0 saturated heterocycles. The number of carbonyl (C=O) groups excluding carboxylic acids is 2. The number of methoxy groups -OCH3 is 1. The van der Waals surface area contributed by atoms with E-state index in [1.54, 1.807) is 30.3 Å². The number of carbonyl (C=O) groups is 3. The van der Waals surface area contributed by atoms with Crippen molar-refractivity contribution in [3.8, 4) is 11.5 Å². The maximum atomic E-state index is 12.4. The average Bonchev–Trinajstić information content (AvgIpc) is 2.88. The minimum Gasteiger partial charge on any atom is -0.495 e. The highest BCUT2D eigenvalue weighted by Crippen LogP contribution is 2.36. The number of nitro groups is 1. The molecule has 0 fully saturated rings. The molecule has 38 heavy (non-hydrogen) atoms. The third-order valence-corrected chi connectivity index (χ3v) is 5.51. The van der Waals surface area contributed by atoms with Gasteiger partial charge in [0.2, 0.25) is 5.91 Å². The molecule has 0 atom stereocenters. The number of rotatable bonds is 11. The summed E-state index contributed by atoms with van der Waals surface area (Å²) in [6.07, 6.45) is -0.00890. The first-order valence-corrected chi connectivity index (χ1v) is 11.4. The number of nitro benzene ring substituents is 1. The van der Waals surface area contributed by atoms with Gasteiger partial charge in [-0.05, 0) is 48.4 Å². The smallest absolute Gasteiger partial charge is 0.335 e. The number of nitrogens with one attached hydrogen (secondary N) is 1. The van der Waals surface area contributed by atoms with Crippen LogP contribution in [-0.2, 0) is 11.2 Å². The van der Waals surface area contributed by atoms with E-state index in [2.05, 4.69) is 5.32 Å². The van der Waals surface area contributed by atoms with Gasteiger partial charge in [0, 0.05) is 6.07 Å². The first-order valence-electron chi connectivity index (χ1n) is 11.4. The fraction of sp³-hybridized carbons (Fsp3) is 0.192. The van der Waals surface area contributed by atoms with Crippen LogP contribution in [0, 0.1) is 17.0 Å². The van der Waals surface area contributed by atoms with Gasteiger partial charge in [-0.3, -0.25) is 19.8 Å². The molecule has 4 N–H and O–H groups in total. The van der Waals surface area contributed by atoms with Crippen LogP contribution in [0.5, 0.6) is 11.5 Å². The molecule has 0 aliphatic carbocycles. The predicted molar refractivity (Wildman–Crippen MR) is 138 cm³/mol. The standard InChI is InChI=1S/C26H26N4O8/c1-16-5-3-4-6-19(16)29(26(27)34)20-9-7-17(13-23(20)37-2)14-24(31)28-11-12-38-22-10-8-18(25(32)33)15-21(22)30(35)36/h3-10,13,15H,11-12,14H2,1-2H3,(H2,27,34)(H,28,31)(H,32,33). The number of primary amides is 1. The summed E-state index contributed by atoms with van der Waals surface area (Å²) in [7, 11) is 1.44. The van der Waals surface area contributed by atoms with Gasteiger partial charge in [-0.15, -0.1) is 0 Å². The zero-order valence-corrected chi connectivity index (χ0v) is 20.7. The van der Waals surface area contributed by atoms with Crippen LogP contribution in [0.1, 0.15) is 21.5 Å². The quantitative estimate of drug-likeness (QED) is 0.195. The third-order valence-electron chi connectivity index (χ3n) is 5.51. The molecule has 0 heterocycles. The van der Waals surface area contributed by atoms with Crippen LogP contribution in [0.15, 0.2) is 60.7 Å². The van der Waals surface area contributed by atoms with E-state index < -0.39 is 22.6 Å². The Labute approximate surface area is 217 Å². The van der Waals surface area contributed by atoms with Crippen molar-refractivity contribution in [1.82, 2.24) is 5.32 Å². The Morgan fingerprint density at radius 2 is 1.79 bits per heavy atom. The zero-order chi connectivity index (χ0) is 27.8. The van der Waals surface area contributed by atoms with Gasteiger partial charge in [-0.1, -0.05) is 24.3 Å². The highest BCUT2D eigenvalue weighted by Gasteiger charge is 2.22. The van der Waals surface area contributed by atoms with E-state index in [4.69, 9.17) is 20.3 Å². The lowest BCUT2D eigenvalue weighted by atomic mass is 10.1. The fourth-order valence-electron chi connectivity index (χ4n) is 3.71. The summed E-state index contributed by atoms with van der Waals surface area (Å²) >= 11 is 0. The second kappa shape index (κ2) is 12.2. The summed E-state index contributed by atoms with van der Waals surface area (Å²) in [5, 5.41) is 22.9. The molecule has 0 spiro atoms. The van der Waals surface area contributed by atoms with Gasteiger partial charge in [0.25, 0.3) is 0 Å². The van der Waals surface area contributed by atoms with E-state index in [0.717, 1.165) is 11.6 Å². The Morgan fingerprint density at radius 1 is 1.05 bits per heavy atom. The van der Waals surface area contributed by atoms with E-state index >= 15 is 0 Å². The Hall–Kier alpha value is -5.13. The lowest BCUT2D eigenvalue weighted by Gasteiger charge is -2.24. The molecule has 3 amide bonds. The Balaban J connectivity index is 1.63. The van der Waals surface area contributed by atoms with Crippen molar-refractivity contribution >= 4 is 35.0 Å². The topological polar surface area (TPSA) is 174 Å². The molecule has 12 nitrogen and oxygen atoms in total. The maximum absolute atomic E-state index is 12.4. The minimum atomic E-state index is -1.30. The Kier molecular flexibility index (Phi) is 8.82. The number of anilines is 2. The van der Waals surface area contributed by atoms with Crippen LogP contribution in [0.25, 0.3) is 0 Å². The molecule has 0 saturated carbocycles. The van der Waals surface area contributed by atoms with Gasteiger partial charge in [-0.25, -0.2) is 9.59 Å². The van der Waals surface area contributed by atoms with Crippen molar-refractivity contribution in [2.24, 2.45) is 5.73 Å². The first-order chi connectivity index (χ1) is 18.1.